The molecule has 3 aromatic carbocycles. The Labute approximate surface area is 203 Å². The molecular weight excluding hydrogens is 450 g/mol. The SMILES string of the molecule is Cc1cccc(NC(=O)COc2ccc(/C=C(\C#N)C(=O)NCc3ccccc3)cc2Cl)c1C. The standard InChI is InChI=1S/C27H24ClN3O3/c1-18-7-6-10-24(19(18)2)31-26(32)17-34-25-12-11-21(14-23(25)28)13-22(15-29)27(33)30-16-20-8-4-3-5-9-20/h3-14H,16-17H2,1-2H3,(H,30,33)(H,31,32)/b22-13+. The van der Waals surface area contributed by atoms with Crippen molar-refractivity contribution in [3.8, 4) is 11.8 Å². The van der Waals surface area contributed by atoms with E-state index in [1.165, 1.54) is 6.08 Å². The van der Waals surface area contributed by atoms with Gasteiger partial charge in [-0.25, -0.2) is 0 Å². The van der Waals surface area contributed by atoms with Crippen LogP contribution in [0.3, 0.4) is 0 Å². The van der Waals surface area contributed by atoms with E-state index in [2.05, 4.69) is 10.6 Å². The van der Waals surface area contributed by atoms with Crippen LogP contribution in [0.1, 0.15) is 22.3 Å². The van der Waals surface area contributed by atoms with Crippen LogP contribution < -0.4 is 15.4 Å². The van der Waals surface area contributed by atoms with Gasteiger partial charge in [-0.3, -0.25) is 9.59 Å². The molecular formula is C27H24ClN3O3. The summed E-state index contributed by atoms with van der Waals surface area (Å²) in [6.07, 6.45) is 1.45. The number of aryl methyl sites for hydroxylation is 1. The zero-order chi connectivity index (χ0) is 24.5. The maximum Gasteiger partial charge on any atom is 0.262 e. The first-order chi connectivity index (χ1) is 16.4. The minimum Gasteiger partial charge on any atom is -0.482 e. The van der Waals surface area contributed by atoms with Crippen molar-refractivity contribution < 1.29 is 14.3 Å². The van der Waals surface area contributed by atoms with Crippen molar-refractivity contribution in [1.29, 1.82) is 5.26 Å². The second-order valence-corrected chi connectivity index (χ2v) is 8.02. The molecule has 0 aliphatic heterocycles. The number of anilines is 1. The molecule has 0 aliphatic carbocycles. The van der Waals surface area contributed by atoms with Crippen LogP contribution in [0.4, 0.5) is 5.69 Å². The number of benzene rings is 3. The lowest BCUT2D eigenvalue weighted by atomic mass is 10.1. The molecule has 172 valence electrons. The van der Waals surface area contributed by atoms with Gasteiger partial charge in [0.2, 0.25) is 0 Å². The Hall–Kier alpha value is -4.08. The first-order valence-corrected chi connectivity index (χ1v) is 11.0. The lowest BCUT2D eigenvalue weighted by Gasteiger charge is -2.12. The Morgan fingerprint density at radius 1 is 1.06 bits per heavy atom. The minimum atomic E-state index is -0.481. The van der Waals surface area contributed by atoms with Crippen molar-refractivity contribution >= 4 is 35.2 Å². The van der Waals surface area contributed by atoms with Gasteiger partial charge in [-0.15, -0.1) is 0 Å². The summed E-state index contributed by atoms with van der Waals surface area (Å²) < 4.78 is 5.55. The van der Waals surface area contributed by atoms with Crippen molar-refractivity contribution in [3.05, 3.63) is 99.6 Å². The van der Waals surface area contributed by atoms with E-state index in [0.29, 0.717) is 17.9 Å². The van der Waals surface area contributed by atoms with Gasteiger partial charge in [0.25, 0.3) is 11.8 Å². The highest BCUT2D eigenvalue weighted by Gasteiger charge is 2.11. The normalized spacial score (nSPS) is 10.8. The zero-order valence-electron chi connectivity index (χ0n) is 18.9. The molecule has 0 radical (unpaired) electrons. The number of hydrogen-bond donors (Lipinski definition) is 2. The second kappa shape index (κ2) is 11.7. The number of carbonyl (C=O) groups excluding carboxylic acids is 2. The third-order valence-corrected chi connectivity index (χ3v) is 5.46. The number of halogens is 1. The predicted octanol–water partition coefficient (Wildman–Crippen LogP) is 5.20. The van der Waals surface area contributed by atoms with Crippen molar-refractivity contribution in [2.75, 3.05) is 11.9 Å². The summed E-state index contributed by atoms with van der Waals surface area (Å²) in [4.78, 5) is 24.7. The summed E-state index contributed by atoms with van der Waals surface area (Å²) in [7, 11) is 0. The van der Waals surface area contributed by atoms with Gasteiger partial charge in [-0.2, -0.15) is 5.26 Å². The number of ether oxygens (including phenoxy) is 1. The van der Waals surface area contributed by atoms with E-state index in [1.807, 2.05) is 68.4 Å². The molecule has 0 bridgehead atoms. The fourth-order valence-corrected chi connectivity index (χ4v) is 3.37. The summed E-state index contributed by atoms with van der Waals surface area (Å²) in [5.41, 5.74) is 4.24. The Morgan fingerprint density at radius 3 is 2.53 bits per heavy atom. The molecule has 0 fully saturated rings. The number of nitrogens with zero attached hydrogens (tertiary/aromatic N) is 1. The molecule has 7 heteroatoms. The lowest BCUT2D eigenvalue weighted by molar-refractivity contribution is -0.118. The molecule has 2 amide bonds. The number of rotatable bonds is 8. The monoisotopic (exact) mass is 473 g/mol. The van der Waals surface area contributed by atoms with Crippen LogP contribution in [0.2, 0.25) is 5.02 Å². The van der Waals surface area contributed by atoms with E-state index >= 15 is 0 Å². The lowest BCUT2D eigenvalue weighted by Crippen LogP contribution is -2.23. The number of nitriles is 1. The van der Waals surface area contributed by atoms with Crippen molar-refractivity contribution in [1.82, 2.24) is 5.32 Å². The summed E-state index contributed by atoms with van der Waals surface area (Å²) in [6.45, 7) is 4.01. The van der Waals surface area contributed by atoms with E-state index in [1.54, 1.807) is 18.2 Å². The Kier molecular flexibility index (Phi) is 8.44. The minimum absolute atomic E-state index is 0.0476. The molecule has 0 saturated heterocycles. The fraction of sp³-hybridized carbons (Fsp3) is 0.148. The van der Waals surface area contributed by atoms with E-state index in [9.17, 15) is 14.9 Å². The molecule has 0 aromatic heterocycles. The van der Waals surface area contributed by atoms with Crippen LogP contribution in [0.5, 0.6) is 5.75 Å². The highest BCUT2D eigenvalue weighted by molar-refractivity contribution is 6.32. The van der Waals surface area contributed by atoms with Gasteiger partial charge in [-0.05, 0) is 60.4 Å². The summed E-state index contributed by atoms with van der Waals surface area (Å²) in [5.74, 6) is -0.469. The molecule has 0 heterocycles. The Morgan fingerprint density at radius 2 is 1.82 bits per heavy atom. The van der Waals surface area contributed by atoms with Gasteiger partial charge < -0.3 is 15.4 Å². The number of nitrogens with one attached hydrogen (secondary N) is 2. The number of carbonyl (C=O) groups is 2. The van der Waals surface area contributed by atoms with Crippen LogP contribution in [0, 0.1) is 25.2 Å². The van der Waals surface area contributed by atoms with Crippen LogP contribution >= 0.6 is 11.6 Å². The molecule has 0 spiro atoms. The average molecular weight is 474 g/mol. The predicted molar refractivity (Wildman–Crippen MR) is 133 cm³/mol. The molecule has 3 aromatic rings. The van der Waals surface area contributed by atoms with Crippen molar-refractivity contribution in [2.24, 2.45) is 0 Å². The third-order valence-electron chi connectivity index (χ3n) is 5.17. The first-order valence-electron chi connectivity index (χ1n) is 10.6. The summed E-state index contributed by atoms with van der Waals surface area (Å²) in [6, 6.07) is 21.8. The van der Waals surface area contributed by atoms with Gasteiger partial charge >= 0.3 is 0 Å². The molecule has 6 nitrogen and oxygen atoms in total. The number of amides is 2. The number of hydrogen-bond acceptors (Lipinski definition) is 4. The van der Waals surface area contributed by atoms with Gasteiger partial charge in [-0.1, -0.05) is 60.1 Å². The highest BCUT2D eigenvalue weighted by Crippen LogP contribution is 2.26. The first kappa shape index (κ1) is 24.6. The zero-order valence-corrected chi connectivity index (χ0v) is 19.6. The topological polar surface area (TPSA) is 91.2 Å². The third kappa shape index (κ3) is 6.71. The van der Waals surface area contributed by atoms with E-state index in [-0.39, 0.29) is 23.1 Å². The molecule has 0 atom stereocenters. The van der Waals surface area contributed by atoms with Crippen LogP contribution in [-0.2, 0) is 16.1 Å². The van der Waals surface area contributed by atoms with Gasteiger partial charge in [0, 0.05) is 12.2 Å². The van der Waals surface area contributed by atoms with Gasteiger partial charge in [0.1, 0.15) is 17.4 Å². The molecule has 34 heavy (non-hydrogen) atoms. The molecule has 0 aliphatic rings. The van der Waals surface area contributed by atoms with Crippen molar-refractivity contribution in [3.63, 3.8) is 0 Å². The molecule has 3 rings (SSSR count). The van der Waals surface area contributed by atoms with Gasteiger partial charge in [0.15, 0.2) is 6.61 Å². The van der Waals surface area contributed by atoms with E-state index < -0.39 is 5.91 Å². The average Bonchev–Trinajstić information content (AvgIpc) is 2.84. The van der Waals surface area contributed by atoms with Crippen molar-refractivity contribution in [2.45, 2.75) is 20.4 Å². The van der Waals surface area contributed by atoms with Crippen LogP contribution in [-0.4, -0.2) is 18.4 Å². The Bertz CT molecular complexity index is 1260. The summed E-state index contributed by atoms with van der Waals surface area (Å²) >= 11 is 6.30. The smallest absolute Gasteiger partial charge is 0.262 e. The Balaban J connectivity index is 1.60. The maximum atomic E-state index is 12.4. The quantitative estimate of drug-likeness (QED) is 0.347. The van der Waals surface area contributed by atoms with Crippen LogP contribution in [0.25, 0.3) is 6.08 Å². The largest absolute Gasteiger partial charge is 0.482 e. The van der Waals surface area contributed by atoms with E-state index in [0.717, 1.165) is 22.4 Å². The fourth-order valence-electron chi connectivity index (χ4n) is 3.13. The maximum absolute atomic E-state index is 12.4. The molecule has 0 unspecified atom stereocenters. The molecule has 2 N–H and O–H groups in total. The van der Waals surface area contributed by atoms with Crippen LogP contribution in [0.15, 0.2) is 72.3 Å². The van der Waals surface area contributed by atoms with Gasteiger partial charge in [0.05, 0.1) is 5.02 Å². The molecule has 0 saturated carbocycles. The highest BCUT2D eigenvalue weighted by atomic mass is 35.5. The summed E-state index contributed by atoms with van der Waals surface area (Å²) in [5, 5.41) is 15.2. The second-order valence-electron chi connectivity index (χ2n) is 7.61. The van der Waals surface area contributed by atoms with E-state index in [4.69, 9.17) is 16.3 Å².